The van der Waals surface area contributed by atoms with E-state index in [4.69, 9.17) is 0 Å². The van der Waals surface area contributed by atoms with Crippen LogP contribution in [-0.2, 0) is 6.54 Å². The summed E-state index contributed by atoms with van der Waals surface area (Å²) in [7, 11) is 0. The predicted molar refractivity (Wildman–Crippen MR) is 61.6 cm³/mol. The largest absolute Gasteiger partial charge is 0.311 e. The highest BCUT2D eigenvalue weighted by atomic mass is 15.3. The lowest BCUT2D eigenvalue weighted by atomic mass is 10.1. The van der Waals surface area contributed by atoms with Gasteiger partial charge in [-0.15, -0.1) is 0 Å². The summed E-state index contributed by atoms with van der Waals surface area (Å²) in [4.78, 5) is 2.65. The second kappa shape index (κ2) is 3.62. The Kier molecular flexibility index (Phi) is 2.26. The molecule has 2 aliphatic heterocycles. The monoisotopic (exact) mass is 202 g/mol. The van der Waals surface area contributed by atoms with Crippen molar-refractivity contribution in [2.75, 3.05) is 6.54 Å². The molecule has 0 aromatic heterocycles. The van der Waals surface area contributed by atoms with E-state index in [1.54, 1.807) is 0 Å². The van der Waals surface area contributed by atoms with E-state index in [1.807, 2.05) is 0 Å². The van der Waals surface area contributed by atoms with Gasteiger partial charge < -0.3 is 5.32 Å². The Morgan fingerprint density at radius 1 is 1.33 bits per heavy atom. The van der Waals surface area contributed by atoms with Gasteiger partial charge in [0.1, 0.15) is 0 Å². The van der Waals surface area contributed by atoms with Gasteiger partial charge in [0.05, 0.1) is 0 Å². The van der Waals surface area contributed by atoms with E-state index in [1.165, 1.54) is 18.5 Å². The van der Waals surface area contributed by atoms with Crippen LogP contribution in [0.5, 0.6) is 0 Å². The van der Waals surface area contributed by atoms with Crippen LogP contribution < -0.4 is 5.32 Å². The van der Waals surface area contributed by atoms with E-state index in [2.05, 4.69) is 47.5 Å². The normalized spacial score (nSPS) is 34.9. The zero-order chi connectivity index (χ0) is 10.3. The number of nitrogens with one attached hydrogen (secondary N) is 1. The molecule has 0 spiro atoms. The molecular formula is C13H18N2. The minimum Gasteiger partial charge on any atom is -0.311 e. The number of rotatable bonds is 2. The highest BCUT2D eigenvalue weighted by molar-refractivity contribution is 5.16. The molecule has 0 saturated carbocycles. The number of likely N-dealkylation sites (tertiary alicyclic amines) is 1. The Bertz CT molecular complexity index is 334. The third kappa shape index (κ3) is 1.58. The highest BCUT2D eigenvalue weighted by Crippen LogP contribution is 2.30. The zero-order valence-corrected chi connectivity index (χ0v) is 9.19. The fourth-order valence-electron chi connectivity index (χ4n) is 3.00. The van der Waals surface area contributed by atoms with Crippen molar-refractivity contribution in [3.63, 3.8) is 0 Å². The van der Waals surface area contributed by atoms with Gasteiger partial charge in [-0.3, -0.25) is 4.90 Å². The standard InChI is InChI=1S/C13H18N2/c1-10-13-7-12(8-14-13)15(10)9-11-5-3-2-4-6-11/h2-6,10,12-14H,7-9H2,1H3/t10-,12-,13+/m0/s1. The minimum atomic E-state index is 0.698. The van der Waals surface area contributed by atoms with E-state index >= 15 is 0 Å². The van der Waals surface area contributed by atoms with Crippen LogP contribution in [0, 0.1) is 0 Å². The predicted octanol–water partition coefficient (Wildman–Crippen LogP) is 1.62. The maximum atomic E-state index is 3.58. The van der Waals surface area contributed by atoms with Gasteiger partial charge in [-0.05, 0) is 18.9 Å². The van der Waals surface area contributed by atoms with E-state index < -0.39 is 0 Å². The SMILES string of the molecule is C[C@H]1[C@H]2C[C@@H](CN2)N1Cc1ccccc1. The Labute approximate surface area is 91.3 Å². The number of hydrogen-bond acceptors (Lipinski definition) is 2. The van der Waals surface area contributed by atoms with Crippen molar-refractivity contribution < 1.29 is 0 Å². The maximum absolute atomic E-state index is 3.58. The molecule has 15 heavy (non-hydrogen) atoms. The molecule has 2 heteroatoms. The first kappa shape index (κ1) is 9.37. The lowest BCUT2D eigenvalue weighted by Gasteiger charge is -2.33. The molecule has 1 aromatic rings. The van der Waals surface area contributed by atoms with Crippen LogP contribution >= 0.6 is 0 Å². The average molecular weight is 202 g/mol. The molecule has 0 unspecified atom stereocenters. The molecule has 2 aliphatic rings. The lowest BCUT2D eigenvalue weighted by molar-refractivity contribution is 0.157. The van der Waals surface area contributed by atoms with Crippen LogP contribution in [0.15, 0.2) is 30.3 Å². The number of hydrogen-bond donors (Lipinski definition) is 1. The maximum Gasteiger partial charge on any atom is 0.0243 e. The molecule has 1 N–H and O–H groups in total. The Morgan fingerprint density at radius 2 is 2.13 bits per heavy atom. The molecule has 2 fully saturated rings. The van der Waals surface area contributed by atoms with Crippen molar-refractivity contribution in [1.82, 2.24) is 10.2 Å². The van der Waals surface area contributed by atoms with Crippen LogP contribution in [0.4, 0.5) is 0 Å². The second-order valence-corrected chi connectivity index (χ2v) is 4.80. The quantitative estimate of drug-likeness (QED) is 0.784. The van der Waals surface area contributed by atoms with Gasteiger partial charge in [-0.25, -0.2) is 0 Å². The van der Waals surface area contributed by atoms with Crippen LogP contribution in [-0.4, -0.2) is 29.6 Å². The Hall–Kier alpha value is -0.860. The molecule has 2 bridgehead atoms. The molecule has 0 amide bonds. The third-order valence-electron chi connectivity index (χ3n) is 3.92. The van der Waals surface area contributed by atoms with E-state index in [0.717, 1.165) is 18.6 Å². The molecule has 2 saturated heterocycles. The lowest BCUT2D eigenvalue weighted by Crippen LogP contribution is -2.49. The van der Waals surface area contributed by atoms with Gasteiger partial charge in [0, 0.05) is 31.2 Å². The number of nitrogens with zero attached hydrogens (tertiary/aromatic N) is 1. The van der Waals surface area contributed by atoms with Crippen LogP contribution in [0.2, 0.25) is 0 Å². The van der Waals surface area contributed by atoms with Crippen molar-refractivity contribution in [2.24, 2.45) is 0 Å². The highest BCUT2D eigenvalue weighted by Gasteiger charge is 2.42. The molecule has 3 rings (SSSR count). The van der Waals surface area contributed by atoms with Gasteiger partial charge in [-0.1, -0.05) is 30.3 Å². The first-order chi connectivity index (χ1) is 7.34. The molecular weight excluding hydrogens is 184 g/mol. The summed E-state index contributed by atoms with van der Waals surface area (Å²) in [6, 6.07) is 13.0. The summed E-state index contributed by atoms with van der Waals surface area (Å²) in [5.41, 5.74) is 1.44. The number of benzene rings is 1. The van der Waals surface area contributed by atoms with Crippen molar-refractivity contribution >= 4 is 0 Å². The minimum absolute atomic E-state index is 0.698. The van der Waals surface area contributed by atoms with Crippen LogP contribution in [0.3, 0.4) is 0 Å². The average Bonchev–Trinajstić information content (AvgIpc) is 2.84. The van der Waals surface area contributed by atoms with Gasteiger partial charge >= 0.3 is 0 Å². The van der Waals surface area contributed by atoms with Crippen molar-refractivity contribution in [3.05, 3.63) is 35.9 Å². The fourth-order valence-corrected chi connectivity index (χ4v) is 3.00. The molecule has 2 heterocycles. The smallest absolute Gasteiger partial charge is 0.0243 e. The molecule has 0 radical (unpaired) electrons. The van der Waals surface area contributed by atoms with Crippen molar-refractivity contribution in [2.45, 2.75) is 38.0 Å². The van der Waals surface area contributed by atoms with E-state index in [-0.39, 0.29) is 0 Å². The third-order valence-corrected chi connectivity index (χ3v) is 3.92. The van der Waals surface area contributed by atoms with Gasteiger partial charge in [0.25, 0.3) is 0 Å². The first-order valence-corrected chi connectivity index (χ1v) is 5.87. The van der Waals surface area contributed by atoms with Crippen LogP contribution in [0.25, 0.3) is 0 Å². The molecule has 2 nitrogen and oxygen atoms in total. The number of piperazine rings is 1. The molecule has 0 aliphatic carbocycles. The van der Waals surface area contributed by atoms with Gasteiger partial charge in [0.15, 0.2) is 0 Å². The van der Waals surface area contributed by atoms with Gasteiger partial charge in [0.2, 0.25) is 0 Å². The van der Waals surface area contributed by atoms with E-state index in [9.17, 15) is 0 Å². The molecule has 1 aromatic carbocycles. The summed E-state index contributed by atoms with van der Waals surface area (Å²) in [6.45, 7) is 4.65. The second-order valence-electron chi connectivity index (χ2n) is 4.80. The van der Waals surface area contributed by atoms with E-state index in [0.29, 0.717) is 6.04 Å². The summed E-state index contributed by atoms with van der Waals surface area (Å²) in [5.74, 6) is 0. The molecule has 3 atom stereocenters. The summed E-state index contributed by atoms with van der Waals surface area (Å²) in [5, 5.41) is 3.58. The summed E-state index contributed by atoms with van der Waals surface area (Å²) in [6.07, 6.45) is 1.34. The Morgan fingerprint density at radius 3 is 2.80 bits per heavy atom. The Balaban J connectivity index is 1.74. The fraction of sp³-hybridized carbons (Fsp3) is 0.538. The van der Waals surface area contributed by atoms with Crippen molar-refractivity contribution in [3.8, 4) is 0 Å². The van der Waals surface area contributed by atoms with Gasteiger partial charge in [-0.2, -0.15) is 0 Å². The zero-order valence-electron chi connectivity index (χ0n) is 9.19. The van der Waals surface area contributed by atoms with Crippen molar-refractivity contribution in [1.29, 1.82) is 0 Å². The summed E-state index contributed by atoms with van der Waals surface area (Å²) >= 11 is 0. The first-order valence-electron chi connectivity index (χ1n) is 5.87. The number of fused-ring (bicyclic) bond motifs is 2. The topological polar surface area (TPSA) is 15.3 Å². The van der Waals surface area contributed by atoms with Crippen LogP contribution in [0.1, 0.15) is 18.9 Å². The molecule has 80 valence electrons. The summed E-state index contributed by atoms with van der Waals surface area (Å²) < 4.78 is 0.